The molecule has 9 nitrogen and oxygen atoms in total. The Labute approximate surface area is 171 Å². The number of tetrazole rings is 1. The van der Waals surface area contributed by atoms with Crippen molar-refractivity contribution in [1.29, 1.82) is 0 Å². The molecule has 0 bridgehead atoms. The maximum Gasteiger partial charge on any atom is 0.240 e. The van der Waals surface area contributed by atoms with E-state index in [0.717, 1.165) is 44.5 Å². The second-order valence-electron chi connectivity index (χ2n) is 7.81. The molecule has 3 N–H and O–H groups in total. The highest BCUT2D eigenvalue weighted by Crippen LogP contribution is 2.31. The highest BCUT2D eigenvalue weighted by molar-refractivity contribution is 7.89. The first-order valence-electron chi connectivity index (χ1n) is 10.4. The summed E-state index contributed by atoms with van der Waals surface area (Å²) >= 11 is 0. The molecule has 1 aromatic carbocycles. The summed E-state index contributed by atoms with van der Waals surface area (Å²) in [6, 6.07) is 5.68. The number of sulfonamides is 1. The van der Waals surface area contributed by atoms with E-state index in [2.05, 4.69) is 30.8 Å². The predicted molar refractivity (Wildman–Crippen MR) is 111 cm³/mol. The van der Waals surface area contributed by atoms with Gasteiger partial charge in [0.15, 0.2) is 0 Å². The van der Waals surface area contributed by atoms with Crippen LogP contribution in [-0.4, -0.2) is 54.8 Å². The van der Waals surface area contributed by atoms with E-state index in [4.69, 9.17) is 0 Å². The molecule has 1 saturated heterocycles. The van der Waals surface area contributed by atoms with Crippen LogP contribution in [0.2, 0.25) is 0 Å². The first-order chi connectivity index (χ1) is 14.1. The minimum Gasteiger partial charge on any atom is -0.382 e. The minimum atomic E-state index is -3.56. The Morgan fingerprint density at radius 1 is 1.10 bits per heavy atom. The summed E-state index contributed by atoms with van der Waals surface area (Å²) in [5.41, 5.74) is 1.53. The third kappa shape index (κ3) is 4.59. The van der Waals surface area contributed by atoms with Gasteiger partial charge in [-0.3, -0.25) is 0 Å². The van der Waals surface area contributed by atoms with Crippen LogP contribution in [-0.2, 0) is 10.0 Å². The molecule has 1 aliphatic carbocycles. The van der Waals surface area contributed by atoms with Crippen LogP contribution in [0.1, 0.15) is 51.0 Å². The summed E-state index contributed by atoms with van der Waals surface area (Å²) in [5, 5.41) is 20.1. The molecule has 29 heavy (non-hydrogen) atoms. The normalized spacial score (nSPS) is 19.3. The van der Waals surface area contributed by atoms with Gasteiger partial charge in [-0.2, -0.15) is 4.80 Å². The standard InChI is InChI=1S/C19H29N7O2S/c1-20-29(27,28)16-7-8-18(22-14-5-3-2-4-6-14)17(13-16)19-23-25-26(24-19)15-9-11-21-12-10-15/h7-8,13-15,20-22H,2-6,9-12H2,1H3. The maximum atomic E-state index is 12.3. The van der Waals surface area contributed by atoms with Gasteiger partial charge >= 0.3 is 0 Å². The number of anilines is 1. The Morgan fingerprint density at radius 3 is 2.59 bits per heavy atom. The topological polar surface area (TPSA) is 114 Å². The first-order valence-corrected chi connectivity index (χ1v) is 11.9. The Balaban J connectivity index is 1.68. The van der Waals surface area contributed by atoms with E-state index in [1.807, 2.05) is 6.07 Å². The number of hydrogen-bond acceptors (Lipinski definition) is 7. The number of nitrogens with one attached hydrogen (secondary N) is 3. The van der Waals surface area contributed by atoms with Gasteiger partial charge in [-0.25, -0.2) is 13.1 Å². The lowest BCUT2D eigenvalue weighted by Crippen LogP contribution is -2.30. The Bertz CT molecular complexity index is 932. The van der Waals surface area contributed by atoms with Crippen molar-refractivity contribution < 1.29 is 8.42 Å². The summed E-state index contributed by atoms with van der Waals surface area (Å²) in [6.07, 6.45) is 7.84. The third-order valence-corrected chi connectivity index (χ3v) is 7.25. The van der Waals surface area contributed by atoms with E-state index in [-0.39, 0.29) is 10.9 Å². The quantitative estimate of drug-likeness (QED) is 0.655. The zero-order chi connectivity index (χ0) is 20.3. The zero-order valence-electron chi connectivity index (χ0n) is 16.8. The maximum absolute atomic E-state index is 12.3. The molecule has 0 atom stereocenters. The van der Waals surface area contributed by atoms with Crippen molar-refractivity contribution in [2.45, 2.75) is 61.9 Å². The van der Waals surface area contributed by atoms with Crippen molar-refractivity contribution in [3.63, 3.8) is 0 Å². The summed E-state index contributed by atoms with van der Waals surface area (Å²) in [6.45, 7) is 1.87. The van der Waals surface area contributed by atoms with Crippen molar-refractivity contribution in [3.8, 4) is 11.4 Å². The number of hydrogen-bond donors (Lipinski definition) is 3. The smallest absolute Gasteiger partial charge is 0.240 e. The van der Waals surface area contributed by atoms with Gasteiger partial charge < -0.3 is 10.6 Å². The lowest BCUT2D eigenvalue weighted by Gasteiger charge is -2.25. The van der Waals surface area contributed by atoms with Gasteiger partial charge in [-0.05, 0) is 69.2 Å². The minimum absolute atomic E-state index is 0.197. The number of rotatable bonds is 6. The van der Waals surface area contributed by atoms with Gasteiger partial charge in [0.2, 0.25) is 15.8 Å². The van der Waals surface area contributed by atoms with Crippen LogP contribution < -0.4 is 15.4 Å². The van der Waals surface area contributed by atoms with Crippen molar-refractivity contribution in [1.82, 2.24) is 30.2 Å². The van der Waals surface area contributed by atoms with Crippen LogP contribution in [0.15, 0.2) is 23.1 Å². The molecule has 0 unspecified atom stereocenters. The molecule has 1 aliphatic heterocycles. The molecule has 10 heteroatoms. The van der Waals surface area contributed by atoms with E-state index in [9.17, 15) is 8.42 Å². The second-order valence-corrected chi connectivity index (χ2v) is 9.70. The molecule has 0 radical (unpaired) electrons. The monoisotopic (exact) mass is 419 g/mol. The van der Waals surface area contributed by atoms with E-state index in [1.165, 1.54) is 26.3 Å². The molecule has 2 aliphatic rings. The molecular weight excluding hydrogens is 390 g/mol. The second kappa shape index (κ2) is 8.76. The molecule has 158 valence electrons. The van der Waals surface area contributed by atoms with E-state index in [1.54, 1.807) is 16.9 Å². The predicted octanol–water partition coefficient (Wildman–Crippen LogP) is 1.92. The van der Waals surface area contributed by atoms with Gasteiger partial charge in [-0.1, -0.05) is 19.3 Å². The fourth-order valence-electron chi connectivity index (χ4n) is 4.11. The van der Waals surface area contributed by atoms with E-state index < -0.39 is 10.0 Å². The fraction of sp³-hybridized carbons (Fsp3) is 0.632. The van der Waals surface area contributed by atoms with Crippen LogP contribution in [0.5, 0.6) is 0 Å². The van der Waals surface area contributed by atoms with Gasteiger partial charge in [0.1, 0.15) is 0 Å². The van der Waals surface area contributed by atoms with Crippen LogP contribution in [0.4, 0.5) is 5.69 Å². The Kier molecular flexibility index (Phi) is 6.12. The molecule has 1 saturated carbocycles. The van der Waals surface area contributed by atoms with Crippen LogP contribution in [0, 0.1) is 0 Å². The van der Waals surface area contributed by atoms with Gasteiger partial charge in [0.25, 0.3) is 0 Å². The van der Waals surface area contributed by atoms with Gasteiger partial charge in [0, 0.05) is 17.3 Å². The zero-order valence-corrected chi connectivity index (χ0v) is 17.6. The van der Waals surface area contributed by atoms with Crippen molar-refractivity contribution in [3.05, 3.63) is 18.2 Å². The van der Waals surface area contributed by atoms with Crippen LogP contribution >= 0.6 is 0 Å². The highest BCUT2D eigenvalue weighted by Gasteiger charge is 2.23. The fourth-order valence-corrected chi connectivity index (χ4v) is 4.87. The summed E-state index contributed by atoms with van der Waals surface area (Å²) in [4.78, 5) is 1.88. The molecule has 4 rings (SSSR count). The van der Waals surface area contributed by atoms with E-state index >= 15 is 0 Å². The summed E-state index contributed by atoms with van der Waals surface area (Å²) in [7, 11) is -2.15. The lowest BCUT2D eigenvalue weighted by molar-refractivity contribution is 0.309. The number of benzene rings is 1. The highest BCUT2D eigenvalue weighted by atomic mass is 32.2. The SMILES string of the molecule is CNS(=O)(=O)c1ccc(NC2CCCCC2)c(-c2nnn(C3CCNCC3)n2)c1. The molecule has 1 aromatic heterocycles. The van der Waals surface area contributed by atoms with Crippen LogP contribution in [0.25, 0.3) is 11.4 Å². The van der Waals surface area contributed by atoms with Crippen molar-refractivity contribution >= 4 is 15.7 Å². The summed E-state index contributed by atoms with van der Waals surface area (Å²) in [5.74, 6) is 0.454. The Hall–Kier alpha value is -2.04. The van der Waals surface area contributed by atoms with Crippen LogP contribution in [0.3, 0.4) is 0 Å². The number of nitrogens with zero attached hydrogens (tertiary/aromatic N) is 4. The molecule has 2 heterocycles. The number of piperidine rings is 1. The Morgan fingerprint density at radius 2 is 1.86 bits per heavy atom. The molecule has 0 spiro atoms. The van der Waals surface area contributed by atoms with E-state index in [0.29, 0.717) is 17.4 Å². The number of aromatic nitrogens is 4. The van der Waals surface area contributed by atoms with Gasteiger partial charge in [-0.15, -0.1) is 10.2 Å². The first kappa shape index (κ1) is 20.2. The van der Waals surface area contributed by atoms with Crippen molar-refractivity contribution in [2.75, 3.05) is 25.5 Å². The molecule has 2 aromatic rings. The molecule has 2 fully saturated rings. The third-order valence-electron chi connectivity index (χ3n) is 5.84. The summed E-state index contributed by atoms with van der Waals surface area (Å²) < 4.78 is 27.1. The van der Waals surface area contributed by atoms with Gasteiger partial charge in [0.05, 0.1) is 10.9 Å². The molecule has 0 amide bonds. The molecular formula is C19H29N7O2S. The lowest BCUT2D eigenvalue weighted by atomic mass is 9.95. The largest absolute Gasteiger partial charge is 0.382 e. The average Bonchev–Trinajstić information content (AvgIpc) is 3.25. The average molecular weight is 420 g/mol. The van der Waals surface area contributed by atoms with Crippen molar-refractivity contribution in [2.24, 2.45) is 0 Å².